The smallest absolute Gasteiger partial charge is 0.175 e. The minimum Gasteiger partial charge on any atom is -0.392 e. The van der Waals surface area contributed by atoms with E-state index in [1.54, 1.807) is 18.9 Å². The average Bonchev–Trinajstić information content (AvgIpc) is 3.51. The van der Waals surface area contributed by atoms with Crippen molar-refractivity contribution in [1.29, 1.82) is 0 Å². The van der Waals surface area contributed by atoms with Crippen molar-refractivity contribution in [3.63, 3.8) is 0 Å². The Morgan fingerprint density at radius 1 is 1.06 bits per heavy atom. The van der Waals surface area contributed by atoms with Crippen molar-refractivity contribution in [2.75, 3.05) is 63.3 Å². The van der Waals surface area contributed by atoms with Crippen LogP contribution in [0.25, 0.3) is 0 Å². The molecule has 0 radical (unpaired) electrons. The van der Waals surface area contributed by atoms with E-state index in [4.69, 9.17) is 28.4 Å². The summed E-state index contributed by atoms with van der Waals surface area (Å²) in [5, 5.41) is 11.3. The molecule has 4 aliphatic rings. The Balaban J connectivity index is 1.54. The summed E-state index contributed by atoms with van der Waals surface area (Å²) < 4.78 is 35.5. The number of thioether (sulfide) groups is 2. The first-order valence-electron chi connectivity index (χ1n) is 12.0. The molecule has 1 spiro atoms. The summed E-state index contributed by atoms with van der Waals surface area (Å²) >= 11 is 3.54. The molecule has 1 N–H and O–H groups in total. The molecule has 4 heterocycles. The van der Waals surface area contributed by atoms with Crippen LogP contribution in [0.1, 0.15) is 26.7 Å². The van der Waals surface area contributed by atoms with E-state index in [0.29, 0.717) is 44.4 Å². The lowest BCUT2D eigenvalue weighted by molar-refractivity contribution is -0.235. The first kappa shape index (κ1) is 26.2. The van der Waals surface area contributed by atoms with E-state index in [-0.39, 0.29) is 30.3 Å². The fourth-order valence-corrected chi connectivity index (χ4v) is 8.38. The van der Waals surface area contributed by atoms with E-state index in [0.717, 1.165) is 17.9 Å². The van der Waals surface area contributed by atoms with E-state index in [1.807, 2.05) is 25.6 Å². The third-order valence-electron chi connectivity index (χ3n) is 7.62. The fraction of sp³-hybridized carbons (Fsp3) is 0.957. The molecule has 0 saturated carbocycles. The Hall–Kier alpha value is 0.0900. The highest BCUT2D eigenvalue weighted by atomic mass is 32.2. The van der Waals surface area contributed by atoms with Gasteiger partial charge in [0, 0.05) is 42.6 Å². The van der Waals surface area contributed by atoms with Gasteiger partial charge in [0.05, 0.1) is 50.5 Å². The fourth-order valence-electron chi connectivity index (χ4n) is 5.72. The predicted molar refractivity (Wildman–Crippen MR) is 126 cm³/mol. The molecule has 6 atom stereocenters. The normalized spacial score (nSPS) is 34.4. The van der Waals surface area contributed by atoms with E-state index in [9.17, 15) is 9.90 Å². The Morgan fingerprint density at radius 2 is 1.73 bits per heavy atom. The molecule has 0 unspecified atom stereocenters. The molecular weight excluding hydrogens is 468 g/mol. The number of hydrogen-bond acceptors (Lipinski definition) is 10. The molecule has 4 saturated heterocycles. The zero-order valence-corrected chi connectivity index (χ0v) is 21.5. The zero-order chi connectivity index (χ0) is 23.5. The summed E-state index contributed by atoms with van der Waals surface area (Å²) in [5.41, 5.74) is 0. The summed E-state index contributed by atoms with van der Waals surface area (Å²) in [5.74, 6) is 0.199. The molecule has 0 amide bonds. The number of aliphatic hydroxyl groups is 1. The van der Waals surface area contributed by atoms with Crippen molar-refractivity contribution in [2.45, 2.75) is 50.5 Å². The highest BCUT2D eigenvalue weighted by Crippen LogP contribution is 2.46. The van der Waals surface area contributed by atoms with Gasteiger partial charge in [-0.15, -0.1) is 0 Å². The lowest BCUT2D eigenvalue weighted by Gasteiger charge is -2.46. The van der Waals surface area contributed by atoms with Gasteiger partial charge in [-0.25, -0.2) is 0 Å². The molecule has 0 aromatic rings. The van der Waals surface area contributed by atoms with E-state index >= 15 is 0 Å². The van der Waals surface area contributed by atoms with Gasteiger partial charge in [0.25, 0.3) is 0 Å². The van der Waals surface area contributed by atoms with Gasteiger partial charge in [-0.1, -0.05) is 13.8 Å². The third-order valence-corrected chi connectivity index (χ3v) is 9.89. The minimum absolute atomic E-state index is 0.0437. The van der Waals surface area contributed by atoms with Crippen LogP contribution < -0.4 is 0 Å². The van der Waals surface area contributed by atoms with Crippen molar-refractivity contribution < 1.29 is 38.3 Å². The lowest BCUT2D eigenvalue weighted by Crippen LogP contribution is -2.57. The molecule has 10 heteroatoms. The number of hydrogen-bond donors (Lipinski definition) is 1. The molecule has 4 aliphatic heterocycles. The number of rotatable bonds is 9. The maximum atomic E-state index is 13.9. The molecule has 0 aromatic carbocycles. The number of methoxy groups -OCH3 is 1. The number of Topliss-reactive ketones (excluding diaryl/α,β-unsaturated/α-hetero) is 1. The van der Waals surface area contributed by atoms with Gasteiger partial charge in [0.1, 0.15) is 12.6 Å². The van der Waals surface area contributed by atoms with Crippen LogP contribution in [0.4, 0.5) is 0 Å². The monoisotopic (exact) mass is 506 g/mol. The molecule has 0 bridgehead atoms. The van der Waals surface area contributed by atoms with Crippen molar-refractivity contribution in [1.82, 2.24) is 0 Å². The topological polar surface area (TPSA) is 92.7 Å². The van der Waals surface area contributed by atoms with Crippen LogP contribution >= 0.6 is 23.5 Å². The maximum Gasteiger partial charge on any atom is 0.175 e. The second kappa shape index (κ2) is 11.4. The summed E-state index contributed by atoms with van der Waals surface area (Å²) in [6.45, 7) is 6.15. The van der Waals surface area contributed by atoms with Gasteiger partial charge < -0.3 is 33.5 Å². The summed E-state index contributed by atoms with van der Waals surface area (Å²) in [7, 11) is 1.59. The number of aliphatic hydroxyl groups excluding tert-OH is 1. The van der Waals surface area contributed by atoms with Crippen molar-refractivity contribution in [3.8, 4) is 0 Å². The van der Waals surface area contributed by atoms with Crippen molar-refractivity contribution in [2.24, 2.45) is 23.7 Å². The van der Waals surface area contributed by atoms with Crippen LogP contribution in [-0.2, 0) is 33.2 Å². The van der Waals surface area contributed by atoms with Crippen LogP contribution in [0, 0.1) is 23.7 Å². The van der Waals surface area contributed by atoms with Crippen LogP contribution in [0.3, 0.4) is 0 Å². The van der Waals surface area contributed by atoms with E-state index in [2.05, 4.69) is 0 Å². The standard InChI is InChI=1S/C23H38O8S2/c1-4-22(28-6-7-29-22)15(2)19(24)16-11-33-12-17(20(16)25)21(27-14-26-3)18-13-32-10-5-23(18)30-8-9-31-23/h15-19,21,24H,4-14H2,1-3H3/t15-,16+,17-,18-,19-,21+/m0/s1. The van der Waals surface area contributed by atoms with Gasteiger partial charge in [-0.2, -0.15) is 23.5 Å². The Labute approximate surface area is 205 Å². The molecule has 8 nitrogen and oxygen atoms in total. The van der Waals surface area contributed by atoms with Crippen molar-refractivity contribution >= 4 is 29.3 Å². The van der Waals surface area contributed by atoms with Gasteiger partial charge >= 0.3 is 0 Å². The second-order valence-electron chi connectivity index (χ2n) is 9.27. The SMILES string of the molecule is CCC1([C@@H](C)[C@H](O)[C@H]2CSC[C@H]([C@@H](OCOC)[C@@H]3CSCCC34OCCO4)C2=O)OCCO1. The van der Waals surface area contributed by atoms with Crippen LogP contribution in [0.2, 0.25) is 0 Å². The maximum absolute atomic E-state index is 13.9. The van der Waals surface area contributed by atoms with Gasteiger partial charge in [-0.05, 0) is 12.2 Å². The zero-order valence-electron chi connectivity index (χ0n) is 19.9. The lowest BCUT2D eigenvalue weighted by atomic mass is 9.76. The first-order chi connectivity index (χ1) is 16.0. The highest BCUT2D eigenvalue weighted by Gasteiger charge is 2.55. The van der Waals surface area contributed by atoms with E-state index < -0.39 is 29.7 Å². The summed E-state index contributed by atoms with van der Waals surface area (Å²) in [6.07, 6.45) is 0.140. The highest BCUT2D eigenvalue weighted by molar-refractivity contribution is 7.99. The Kier molecular flexibility index (Phi) is 9.06. The molecule has 33 heavy (non-hydrogen) atoms. The third kappa shape index (κ3) is 5.15. The molecule has 4 rings (SSSR count). The Bertz CT molecular complexity index is 652. The molecule has 0 aliphatic carbocycles. The molecule has 0 aromatic heterocycles. The summed E-state index contributed by atoms with van der Waals surface area (Å²) in [4.78, 5) is 13.9. The molecule has 4 fully saturated rings. The number of carbonyl (C=O) groups excluding carboxylic acids is 1. The largest absolute Gasteiger partial charge is 0.392 e. The second-order valence-corrected chi connectivity index (χ2v) is 11.5. The van der Waals surface area contributed by atoms with Gasteiger partial charge in [0.15, 0.2) is 11.6 Å². The van der Waals surface area contributed by atoms with Gasteiger partial charge in [0.2, 0.25) is 0 Å². The number of ether oxygens (including phenoxy) is 6. The molecular formula is C23H38O8S2. The average molecular weight is 507 g/mol. The number of ketones is 1. The van der Waals surface area contributed by atoms with Crippen LogP contribution in [0.15, 0.2) is 0 Å². The predicted octanol–water partition coefficient (Wildman–Crippen LogP) is 2.17. The van der Waals surface area contributed by atoms with Crippen molar-refractivity contribution in [3.05, 3.63) is 0 Å². The van der Waals surface area contributed by atoms with Crippen LogP contribution in [-0.4, -0.2) is 98.0 Å². The van der Waals surface area contributed by atoms with Gasteiger partial charge in [-0.3, -0.25) is 4.79 Å². The first-order valence-corrected chi connectivity index (χ1v) is 14.3. The number of carbonyl (C=O) groups is 1. The summed E-state index contributed by atoms with van der Waals surface area (Å²) in [6, 6.07) is 0. The minimum atomic E-state index is -0.859. The Morgan fingerprint density at radius 3 is 2.39 bits per heavy atom. The quantitative estimate of drug-likeness (QED) is 0.469. The van der Waals surface area contributed by atoms with Crippen LogP contribution in [0.5, 0.6) is 0 Å². The molecule has 190 valence electrons. The van der Waals surface area contributed by atoms with E-state index in [1.165, 1.54) is 0 Å².